The zero-order valence-electron chi connectivity index (χ0n) is 17.8. The summed E-state index contributed by atoms with van der Waals surface area (Å²) in [7, 11) is 1.49. The molecular weight excluding hydrogens is 458 g/mol. The number of hydrogen-bond donors (Lipinski definition) is 0. The molecule has 3 aromatic rings. The third-order valence-corrected chi connectivity index (χ3v) is 7.82. The average Bonchev–Trinajstić information content (AvgIpc) is 3.14. The Morgan fingerprint density at radius 3 is 2.42 bits per heavy atom. The fourth-order valence-electron chi connectivity index (χ4n) is 2.92. The van der Waals surface area contributed by atoms with Gasteiger partial charge in [-0.05, 0) is 45.3 Å². The molecule has 0 aliphatic rings. The van der Waals surface area contributed by atoms with E-state index in [1.165, 1.54) is 35.5 Å². The monoisotopic (exact) mass is 481 g/mol. The fraction of sp³-hybridized carbons (Fsp3) is 0.333. The van der Waals surface area contributed by atoms with Crippen molar-refractivity contribution in [1.29, 1.82) is 0 Å². The van der Waals surface area contributed by atoms with Crippen LogP contribution in [0.1, 0.15) is 5.56 Å². The quantitative estimate of drug-likeness (QED) is 0.488. The van der Waals surface area contributed by atoms with Gasteiger partial charge in [0.25, 0.3) is 0 Å². The molecule has 1 heterocycles. The van der Waals surface area contributed by atoms with Crippen LogP contribution in [0.25, 0.3) is 10.2 Å². The van der Waals surface area contributed by atoms with Gasteiger partial charge in [0.15, 0.2) is 15.0 Å². The van der Waals surface area contributed by atoms with Gasteiger partial charge >= 0.3 is 0 Å². The molecule has 1 aromatic heterocycles. The number of nitrogens with zero attached hydrogens (tertiary/aromatic N) is 3. The predicted octanol–water partition coefficient (Wildman–Crippen LogP) is 3.64. The fourth-order valence-corrected chi connectivity index (χ4v) is 5.42. The molecule has 3 rings (SSSR count). The first-order chi connectivity index (χ1) is 14.6. The zero-order chi connectivity index (χ0) is 22.8. The Kier molecular flexibility index (Phi) is 7.20. The van der Waals surface area contributed by atoms with Gasteiger partial charge in [0.05, 0.1) is 21.7 Å². The molecule has 2 aromatic carbocycles. The first-order valence-electron chi connectivity index (χ1n) is 9.50. The second-order valence-corrected chi connectivity index (χ2v) is 10.7. The molecule has 31 heavy (non-hydrogen) atoms. The van der Waals surface area contributed by atoms with Crippen molar-refractivity contribution in [3.8, 4) is 5.75 Å². The van der Waals surface area contributed by atoms with Crippen molar-refractivity contribution >= 4 is 54.0 Å². The SMILES string of the molecule is COc1ccc(Cl)c2sc(N(CCN(C)C)C(=O)CS(=O)(=O)c3ccc(C)cc3)nc12. The van der Waals surface area contributed by atoms with E-state index in [9.17, 15) is 13.2 Å². The van der Waals surface area contributed by atoms with Crippen LogP contribution in [0.15, 0.2) is 41.3 Å². The number of ether oxygens (including phenoxy) is 1. The Morgan fingerprint density at radius 1 is 1.13 bits per heavy atom. The molecule has 7 nitrogen and oxygen atoms in total. The van der Waals surface area contributed by atoms with Gasteiger partial charge in [-0.25, -0.2) is 13.4 Å². The number of sulfone groups is 1. The number of aromatic nitrogens is 1. The lowest BCUT2D eigenvalue weighted by molar-refractivity contribution is -0.116. The van der Waals surface area contributed by atoms with Crippen molar-refractivity contribution < 1.29 is 17.9 Å². The standard InChI is InChI=1S/C21H24ClN3O4S2/c1-14-5-7-15(8-6-14)31(27,28)13-18(26)25(12-11-24(2)3)21-23-19-17(29-4)10-9-16(22)20(19)30-21/h5-10H,11-13H2,1-4H3. The van der Waals surface area contributed by atoms with E-state index in [2.05, 4.69) is 4.98 Å². The number of benzene rings is 2. The molecule has 0 N–H and O–H groups in total. The maximum Gasteiger partial charge on any atom is 0.244 e. The summed E-state index contributed by atoms with van der Waals surface area (Å²) in [5.74, 6) is -0.657. The molecule has 0 saturated carbocycles. The van der Waals surface area contributed by atoms with E-state index in [1.807, 2.05) is 25.9 Å². The molecule has 0 bridgehead atoms. The van der Waals surface area contributed by atoms with Crippen molar-refractivity contribution in [3.63, 3.8) is 0 Å². The summed E-state index contributed by atoms with van der Waals surface area (Å²) in [6, 6.07) is 9.88. The molecule has 0 saturated heterocycles. The largest absolute Gasteiger partial charge is 0.494 e. The molecule has 10 heteroatoms. The van der Waals surface area contributed by atoms with Gasteiger partial charge in [-0.2, -0.15) is 0 Å². The van der Waals surface area contributed by atoms with E-state index in [-0.39, 0.29) is 11.4 Å². The lowest BCUT2D eigenvalue weighted by Crippen LogP contribution is -2.40. The maximum atomic E-state index is 13.2. The molecule has 0 aliphatic heterocycles. The molecule has 166 valence electrons. The summed E-state index contributed by atoms with van der Waals surface area (Å²) in [4.78, 5) is 21.2. The summed E-state index contributed by atoms with van der Waals surface area (Å²) in [5, 5.41) is 0.874. The number of likely N-dealkylation sites (N-methyl/N-ethyl adjacent to an activating group) is 1. The van der Waals surface area contributed by atoms with E-state index in [0.717, 1.165) is 5.56 Å². The van der Waals surface area contributed by atoms with Gasteiger partial charge < -0.3 is 9.64 Å². The van der Waals surface area contributed by atoms with E-state index < -0.39 is 21.5 Å². The summed E-state index contributed by atoms with van der Waals surface area (Å²) < 4.78 is 31.7. The van der Waals surface area contributed by atoms with Crippen LogP contribution >= 0.6 is 22.9 Å². The van der Waals surface area contributed by atoms with Gasteiger partial charge in [0.2, 0.25) is 5.91 Å². The first-order valence-corrected chi connectivity index (χ1v) is 12.3. The van der Waals surface area contributed by atoms with Crippen molar-refractivity contribution in [3.05, 3.63) is 47.0 Å². The molecule has 0 aliphatic carbocycles. The highest BCUT2D eigenvalue weighted by Gasteiger charge is 2.27. The number of aryl methyl sites for hydroxylation is 1. The Labute approximate surface area is 191 Å². The highest BCUT2D eigenvalue weighted by atomic mass is 35.5. The number of rotatable bonds is 8. The smallest absolute Gasteiger partial charge is 0.244 e. The highest BCUT2D eigenvalue weighted by molar-refractivity contribution is 7.92. The molecule has 0 spiro atoms. The number of carbonyl (C=O) groups excluding carboxylic acids is 1. The number of methoxy groups -OCH3 is 1. The number of hydrogen-bond acceptors (Lipinski definition) is 7. The summed E-state index contributed by atoms with van der Waals surface area (Å²) >= 11 is 7.55. The van der Waals surface area contributed by atoms with Crippen LogP contribution in [0.2, 0.25) is 5.02 Å². The molecule has 0 radical (unpaired) electrons. The number of carbonyl (C=O) groups is 1. The zero-order valence-corrected chi connectivity index (χ0v) is 20.1. The van der Waals surface area contributed by atoms with Crippen LogP contribution in [-0.2, 0) is 14.6 Å². The Balaban J connectivity index is 1.97. The van der Waals surface area contributed by atoms with Crippen molar-refractivity contribution in [2.75, 3.05) is 44.9 Å². The van der Waals surface area contributed by atoms with Gasteiger partial charge in [-0.1, -0.05) is 40.6 Å². The number of anilines is 1. The minimum atomic E-state index is -3.80. The Morgan fingerprint density at radius 2 is 1.81 bits per heavy atom. The van der Waals surface area contributed by atoms with Gasteiger partial charge in [-0.15, -0.1) is 0 Å². The first kappa shape index (κ1) is 23.5. The topological polar surface area (TPSA) is 79.8 Å². The molecule has 0 fully saturated rings. The second kappa shape index (κ2) is 9.52. The summed E-state index contributed by atoms with van der Waals surface area (Å²) in [5.41, 5.74) is 1.48. The van der Waals surface area contributed by atoms with Crippen LogP contribution < -0.4 is 9.64 Å². The lowest BCUT2D eigenvalue weighted by Gasteiger charge is -2.22. The van der Waals surface area contributed by atoms with Crippen LogP contribution in [0, 0.1) is 6.92 Å². The van der Waals surface area contributed by atoms with Gasteiger partial charge in [0.1, 0.15) is 17.0 Å². The van der Waals surface area contributed by atoms with Crippen LogP contribution in [0.5, 0.6) is 5.75 Å². The maximum absolute atomic E-state index is 13.2. The third-order valence-electron chi connectivity index (χ3n) is 4.66. The molecule has 1 amide bonds. The van der Waals surface area contributed by atoms with Gasteiger partial charge in [-0.3, -0.25) is 9.69 Å². The van der Waals surface area contributed by atoms with Crippen molar-refractivity contribution in [2.24, 2.45) is 0 Å². The second-order valence-electron chi connectivity index (χ2n) is 7.34. The molecular formula is C21H24ClN3O4S2. The van der Waals surface area contributed by atoms with Crippen LogP contribution in [0.4, 0.5) is 5.13 Å². The minimum absolute atomic E-state index is 0.119. The van der Waals surface area contributed by atoms with E-state index in [0.29, 0.717) is 32.7 Å². The van der Waals surface area contributed by atoms with Gasteiger partial charge in [0, 0.05) is 13.1 Å². The average molecular weight is 482 g/mol. The van der Waals surface area contributed by atoms with Crippen molar-refractivity contribution in [2.45, 2.75) is 11.8 Å². The Hall–Kier alpha value is -2.20. The van der Waals surface area contributed by atoms with Crippen molar-refractivity contribution in [1.82, 2.24) is 9.88 Å². The number of fused-ring (bicyclic) bond motifs is 1. The number of amides is 1. The van der Waals surface area contributed by atoms with E-state index >= 15 is 0 Å². The van der Waals surface area contributed by atoms with Crippen LogP contribution in [0.3, 0.4) is 0 Å². The minimum Gasteiger partial charge on any atom is -0.494 e. The van der Waals surface area contributed by atoms with Crippen LogP contribution in [-0.4, -0.2) is 64.3 Å². The Bertz CT molecular complexity index is 1190. The third kappa shape index (κ3) is 5.35. The predicted molar refractivity (Wildman–Crippen MR) is 125 cm³/mol. The van der Waals surface area contributed by atoms with E-state index in [4.69, 9.17) is 16.3 Å². The van der Waals surface area contributed by atoms with E-state index in [1.54, 1.807) is 24.3 Å². The number of thiazole rings is 1. The lowest BCUT2D eigenvalue weighted by atomic mass is 10.2. The highest BCUT2D eigenvalue weighted by Crippen LogP contribution is 2.38. The normalized spacial score (nSPS) is 11.8. The molecule has 0 atom stereocenters. The molecule has 0 unspecified atom stereocenters. The summed E-state index contributed by atoms with van der Waals surface area (Å²) in [6.45, 7) is 2.70. The summed E-state index contributed by atoms with van der Waals surface area (Å²) in [6.07, 6.45) is 0. The number of halogens is 1.